The van der Waals surface area contributed by atoms with Gasteiger partial charge in [0.05, 0.1) is 10.0 Å². The van der Waals surface area contributed by atoms with Crippen molar-refractivity contribution in [1.29, 1.82) is 0 Å². The first-order valence-electron chi connectivity index (χ1n) is 4.68. The van der Waals surface area contributed by atoms with Crippen molar-refractivity contribution >= 4 is 29.3 Å². The molecule has 0 bridgehead atoms. The summed E-state index contributed by atoms with van der Waals surface area (Å²) in [7, 11) is 0. The lowest BCUT2D eigenvalue weighted by Crippen LogP contribution is -2.29. The molecule has 1 amide bonds. The third kappa shape index (κ3) is 4.26. The van der Waals surface area contributed by atoms with E-state index in [9.17, 15) is 4.79 Å². The molecule has 0 spiro atoms. The van der Waals surface area contributed by atoms with Crippen LogP contribution in [-0.2, 0) is 11.3 Å². The minimum atomic E-state index is -0.503. The fourth-order valence-corrected chi connectivity index (χ4v) is 1.32. The predicted molar refractivity (Wildman–Crippen MR) is 63.7 cm³/mol. The number of nitrogens with one attached hydrogen (secondary N) is 1. The fourth-order valence-electron chi connectivity index (χ4n) is 1.00. The number of amides is 1. The molecule has 0 unspecified atom stereocenters. The molecule has 1 rings (SSSR count). The number of alkyl carbamates (subject to hydrolysis) is 1. The van der Waals surface area contributed by atoms with E-state index in [-0.39, 0.29) is 6.61 Å². The average molecular weight is 263 g/mol. The van der Waals surface area contributed by atoms with Crippen molar-refractivity contribution in [2.75, 3.05) is 13.1 Å². The zero-order valence-corrected chi connectivity index (χ0v) is 10.0. The zero-order valence-electron chi connectivity index (χ0n) is 8.50. The lowest BCUT2D eigenvalue weighted by Gasteiger charge is -2.06. The van der Waals surface area contributed by atoms with Crippen molar-refractivity contribution in [3.63, 3.8) is 0 Å². The van der Waals surface area contributed by atoms with Gasteiger partial charge in [-0.25, -0.2) is 4.79 Å². The third-order valence-electron chi connectivity index (χ3n) is 1.77. The summed E-state index contributed by atoms with van der Waals surface area (Å²) in [5.74, 6) is 0. The van der Waals surface area contributed by atoms with Gasteiger partial charge in [0.2, 0.25) is 0 Å². The standard InChI is InChI=1S/C10H12Cl2N2O2/c11-8-2-1-7(5-9(8)12)6-16-10(15)14-4-3-13/h1-2,5H,3-4,6,13H2,(H,14,15). The lowest BCUT2D eigenvalue weighted by molar-refractivity contribution is 0.140. The molecule has 0 aliphatic rings. The van der Waals surface area contributed by atoms with Crippen LogP contribution in [0.4, 0.5) is 4.79 Å². The summed E-state index contributed by atoms with van der Waals surface area (Å²) in [5.41, 5.74) is 5.99. The van der Waals surface area contributed by atoms with Crippen LogP contribution < -0.4 is 11.1 Å². The van der Waals surface area contributed by atoms with Crippen molar-refractivity contribution in [2.24, 2.45) is 5.73 Å². The summed E-state index contributed by atoms with van der Waals surface area (Å²) < 4.78 is 4.92. The molecule has 1 aromatic rings. The zero-order chi connectivity index (χ0) is 12.0. The summed E-state index contributed by atoms with van der Waals surface area (Å²) in [6.45, 7) is 0.912. The van der Waals surface area contributed by atoms with E-state index in [0.717, 1.165) is 5.56 Å². The minimum Gasteiger partial charge on any atom is -0.445 e. The Balaban J connectivity index is 2.42. The van der Waals surface area contributed by atoms with Gasteiger partial charge in [-0.1, -0.05) is 29.3 Å². The van der Waals surface area contributed by atoms with E-state index in [2.05, 4.69) is 5.32 Å². The van der Waals surface area contributed by atoms with Gasteiger partial charge >= 0.3 is 6.09 Å². The second-order valence-corrected chi connectivity index (χ2v) is 3.85. The predicted octanol–water partition coefficient (Wildman–Crippen LogP) is 2.18. The summed E-state index contributed by atoms with van der Waals surface area (Å²) in [6.07, 6.45) is -0.503. The Bertz CT molecular complexity index is 372. The molecule has 0 heterocycles. The van der Waals surface area contributed by atoms with Gasteiger partial charge in [0.1, 0.15) is 6.61 Å². The van der Waals surface area contributed by atoms with E-state index in [1.807, 2.05) is 0 Å². The topological polar surface area (TPSA) is 64.3 Å². The number of benzene rings is 1. The highest BCUT2D eigenvalue weighted by Gasteiger charge is 2.03. The number of hydrogen-bond acceptors (Lipinski definition) is 3. The first-order chi connectivity index (χ1) is 7.63. The van der Waals surface area contributed by atoms with E-state index in [4.69, 9.17) is 33.7 Å². The SMILES string of the molecule is NCCNC(=O)OCc1ccc(Cl)c(Cl)c1. The molecule has 0 radical (unpaired) electrons. The van der Waals surface area contributed by atoms with Crippen LogP contribution in [0.2, 0.25) is 10.0 Å². The van der Waals surface area contributed by atoms with Crippen LogP contribution in [0.1, 0.15) is 5.56 Å². The molecule has 3 N–H and O–H groups in total. The van der Waals surface area contributed by atoms with E-state index < -0.39 is 6.09 Å². The summed E-state index contributed by atoms with van der Waals surface area (Å²) >= 11 is 11.6. The third-order valence-corrected chi connectivity index (χ3v) is 2.51. The highest BCUT2D eigenvalue weighted by atomic mass is 35.5. The molecule has 6 heteroatoms. The van der Waals surface area contributed by atoms with Crippen LogP contribution in [0.15, 0.2) is 18.2 Å². The molecular weight excluding hydrogens is 251 g/mol. The van der Waals surface area contributed by atoms with Crippen LogP contribution >= 0.6 is 23.2 Å². The van der Waals surface area contributed by atoms with Crippen molar-refractivity contribution in [2.45, 2.75) is 6.61 Å². The first-order valence-corrected chi connectivity index (χ1v) is 5.43. The second-order valence-electron chi connectivity index (χ2n) is 3.04. The van der Waals surface area contributed by atoms with E-state index in [0.29, 0.717) is 23.1 Å². The van der Waals surface area contributed by atoms with Gasteiger partial charge in [-0.3, -0.25) is 0 Å². The quantitative estimate of drug-likeness (QED) is 0.875. The molecule has 0 aliphatic carbocycles. The van der Waals surface area contributed by atoms with Gasteiger partial charge in [-0.05, 0) is 17.7 Å². The molecule has 0 aliphatic heterocycles. The van der Waals surface area contributed by atoms with Crippen molar-refractivity contribution in [3.05, 3.63) is 33.8 Å². The average Bonchev–Trinajstić information content (AvgIpc) is 2.28. The molecule has 0 aromatic heterocycles. The number of nitrogens with two attached hydrogens (primary N) is 1. The number of rotatable bonds is 4. The molecular formula is C10H12Cl2N2O2. The van der Waals surface area contributed by atoms with Crippen LogP contribution in [-0.4, -0.2) is 19.2 Å². The van der Waals surface area contributed by atoms with Crippen molar-refractivity contribution < 1.29 is 9.53 Å². The maximum atomic E-state index is 11.1. The van der Waals surface area contributed by atoms with E-state index in [1.54, 1.807) is 18.2 Å². The van der Waals surface area contributed by atoms with Crippen LogP contribution in [0, 0.1) is 0 Å². The Kier molecular flexibility index (Phi) is 5.38. The smallest absolute Gasteiger partial charge is 0.407 e. The number of carbonyl (C=O) groups excluding carboxylic acids is 1. The highest BCUT2D eigenvalue weighted by Crippen LogP contribution is 2.22. The Hall–Kier alpha value is -0.970. The largest absolute Gasteiger partial charge is 0.445 e. The Labute approximate surface area is 104 Å². The fraction of sp³-hybridized carbons (Fsp3) is 0.300. The summed E-state index contributed by atoms with van der Waals surface area (Å²) in [6, 6.07) is 5.05. The normalized spacial score (nSPS) is 9.94. The molecule has 0 fully saturated rings. The van der Waals surface area contributed by atoms with Gasteiger partial charge in [-0.15, -0.1) is 0 Å². The minimum absolute atomic E-state index is 0.146. The number of ether oxygens (including phenoxy) is 1. The van der Waals surface area contributed by atoms with E-state index in [1.165, 1.54) is 0 Å². The van der Waals surface area contributed by atoms with E-state index >= 15 is 0 Å². The molecule has 0 saturated carbocycles. The van der Waals surface area contributed by atoms with Gasteiger partial charge in [0.15, 0.2) is 0 Å². The van der Waals surface area contributed by atoms with Gasteiger partial charge in [0, 0.05) is 13.1 Å². The van der Waals surface area contributed by atoms with Crippen LogP contribution in [0.3, 0.4) is 0 Å². The lowest BCUT2D eigenvalue weighted by atomic mass is 10.2. The van der Waals surface area contributed by atoms with Gasteiger partial charge < -0.3 is 15.8 Å². The molecule has 1 aromatic carbocycles. The van der Waals surface area contributed by atoms with Crippen LogP contribution in [0.5, 0.6) is 0 Å². The Morgan fingerprint density at radius 1 is 1.38 bits per heavy atom. The van der Waals surface area contributed by atoms with Crippen molar-refractivity contribution in [1.82, 2.24) is 5.32 Å². The molecule has 0 atom stereocenters. The molecule has 88 valence electrons. The maximum absolute atomic E-state index is 11.1. The summed E-state index contributed by atoms with van der Waals surface area (Å²) in [5, 5.41) is 3.39. The Morgan fingerprint density at radius 2 is 2.12 bits per heavy atom. The second kappa shape index (κ2) is 6.58. The molecule has 4 nitrogen and oxygen atoms in total. The Morgan fingerprint density at radius 3 is 2.75 bits per heavy atom. The van der Waals surface area contributed by atoms with Crippen LogP contribution in [0.25, 0.3) is 0 Å². The monoisotopic (exact) mass is 262 g/mol. The molecule has 16 heavy (non-hydrogen) atoms. The number of halogens is 2. The van der Waals surface area contributed by atoms with Gasteiger partial charge in [-0.2, -0.15) is 0 Å². The molecule has 0 saturated heterocycles. The highest BCUT2D eigenvalue weighted by molar-refractivity contribution is 6.42. The van der Waals surface area contributed by atoms with Crippen molar-refractivity contribution in [3.8, 4) is 0 Å². The van der Waals surface area contributed by atoms with Gasteiger partial charge in [0.25, 0.3) is 0 Å². The number of hydrogen-bond donors (Lipinski definition) is 2. The maximum Gasteiger partial charge on any atom is 0.407 e. The summed E-state index contributed by atoms with van der Waals surface area (Å²) in [4.78, 5) is 11.1. The first kappa shape index (κ1) is 13.1. The number of carbonyl (C=O) groups is 1.